The summed E-state index contributed by atoms with van der Waals surface area (Å²) in [5.41, 5.74) is 0. The molecule has 0 aliphatic rings. The van der Waals surface area contributed by atoms with Crippen LogP contribution < -0.4 is 29.6 Å². The molecule has 0 radical (unpaired) electrons. The first-order valence-electron chi connectivity index (χ1n) is 5.68. The van der Waals surface area contributed by atoms with Gasteiger partial charge in [0.15, 0.2) is 0 Å². The van der Waals surface area contributed by atoms with Gasteiger partial charge in [0.05, 0.1) is 0 Å². The van der Waals surface area contributed by atoms with E-state index in [1.54, 1.807) is 0 Å². The van der Waals surface area contributed by atoms with E-state index in [2.05, 4.69) is 6.92 Å². The van der Waals surface area contributed by atoms with E-state index in [4.69, 9.17) is 4.55 Å². The third-order valence-electron chi connectivity index (χ3n) is 2.23. The fourth-order valence-electron chi connectivity index (χ4n) is 1.40. The first-order valence-corrected chi connectivity index (χ1v) is 8.62. The van der Waals surface area contributed by atoms with Gasteiger partial charge in [-0.2, -0.15) is 8.42 Å². The van der Waals surface area contributed by atoms with Gasteiger partial charge in [-0.15, -0.1) is 0 Å². The minimum Gasteiger partial charge on any atom is -0.277 e. The van der Waals surface area contributed by atoms with Crippen LogP contribution >= 0.6 is 10.8 Å². The normalized spacial score (nSPS) is 11.1. The Morgan fingerprint density at radius 2 is 1.38 bits per heavy atom. The van der Waals surface area contributed by atoms with Crippen LogP contribution in [0, 0.1) is 0 Å². The summed E-state index contributed by atoms with van der Waals surface area (Å²) < 4.78 is 29.2. The van der Waals surface area contributed by atoms with E-state index < -0.39 is 9.15 Å². The molecule has 0 unspecified atom stereocenters. The van der Waals surface area contributed by atoms with Gasteiger partial charge in [0.2, 0.25) is 0 Å². The van der Waals surface area contributed by atoms with E-state index in [0.717, 1.165) is 12.8 Å². The maximum Gasteiger partial charge on any atom is 1.00 e. The molecule has 0 aliphatic carbocycles. The summed E-state index contributed by atoms with van der Waals surface area (Å²) in [6.07, 6.45) is 9.55. The molecule has 1 N–H and O–H groups in total. The monoisotopic (exact) mass is 277 g/mol. The van der Waals surface area contributed by atoms with Crippen LogP contribution in [0.4, 0.5) is 0 Å². The molecule has 0 bridgehead atoms. The van der Waals surface area contributed by atoms with Crippen molar-refractivity contribution in [2.75, 3.05) is 5.75 Å². The molecule has 0 saturated heterocycles. The first-order chi connectivity index (χ1) is 7.06. The van der Waals surface area contributed by atoms with E-state index in [9.17, 15) is 8.42 Å². The molecule has 0 aliphatic heterocycles. The van der Waals surface area contributed by atoms with E-state index in [1.165, 1.54) is 38.5 Å². The molecule has 0 amide bonds. The molecule has 0 spiro atoms. The molecule has 0 atom stereocenters. The summed E-state index contributed by atoms with van der Waals surface area (Å²) in [5, 5.41) is 0. The quantitative estimate of drug-likeness (QED) is 0.276. The second-order valence-corrected chi connectivity index (χ2v) is 7.19. The fourth-order valence-corrected chi connectivity index (χ4v) is 2.92. The molecule has 0 aromatic carbocycles. The average molecular weight is 277 g/mol. The van der Waals surface area contributed by atoms with Crippen LogP contribution in [0.25, 0.3) is 0 Å². The van der Waals surface area contributed by atoms with Crippen molar-refractivity contribution in [2.24, 2.45) is 0 Å². The van der Waals surface area contributed by atoms with Crippen molar-refractivity contribution < 1.29 is 42.5 Å². The van der Waals surface area contributed by atoms with Crippen LogP contribution in [0.3, 0.4) is 0 Å². The predicted octanol–water partition coefficient (Wildman–Crippen LogP) is 0.667. The second kappa shape index (κ2) is 12.7. The summed E-state index contributed by atoms with van der Waals surface area (Å²) in [7, 11) is -3.18. The minimum atomic E-state index is -3.81. The van der Waals surface area contributed by atoms with Gasteiger partial charge in [-0.1, -0.05) is 51.9 Å². The van der Waals surface area contributed by atoms with Crippen molar-refractivity contribution in [3.8, 4) is 0 Å². The van der Waals surface area contributed by atoms with Gasteiger partial charge >= 0.3 is 38.7 Å². The standard InChI is InChI=1S/C10H22O3S2.Na/c1-2-3-4-5-6-7-8-9-10-14-15(11,12)13;/h2-10H2,1H3,(H,11,12,13);/q;+1. The Labute approximate surface area is 126 Å². The van der Waals surface area contributed by atoms with Gasteiger partial charge < -0.3 is 0 Å². The zero-order valence-electron chi connectivity index (χ0n) is 10.4. The topological polar surface area (TPSA) is 54.4 Å². The Morgan fingerprint density at radius 1 is 0.938 bits per heavy atom. The third kappa shape index (κ3) is 17.6. The van der Waals surface area contributed by atoms with E-state index in [-0.39, 0.29) is 29.6 Å². The molecule has 3 nitrogen and oxygen atoms in total. The number of unbranched alkanes of at least 4 members (excludes halogenated alkanes) is 7. The van der Waals surface area contributed by atoms with Gasteiger partial charge in [0, 0.05) is 5.75 Å². The molecular weight excluding hydrogens is 255 g/mol. The van der Waals surface area contributed by atoms with Crippen molar-refractivity contribution >= 4 is 19.9 Å². The molecule has 0 fully saturated rings. The molecule has 0 heterocycles. The van der Waals surface area contributed by atoms with Gasteiger partial charge in [0.1, 0.15) is 0 Å². The molecule has 16 heavy (non-hydrogen) atoms. The largest absolute Gasteiger partial charge is 1.00 e. The number of hydrogen-bond donors (Lipinski definition) is 1. The number of rotatable bonds is 10. The van der Waals surface area contributed by atoms with Gasteiger partial charge in [-0.3, -0.25) is 4.55 Å². The molecule has 0 rings (SSSR count). The SMILES string of the molecule is CCCCCCCCCCSS(=O)(=O)O.[Na+]. The maximum atomic E-state index is 10.4. The van der Waals surface area contributed by atoms with Crippen LogP contribution in [0.2, 0.25) is 0 Å². The summed E-state index contributed by atoms with van der Waals surface area (Å²) in [6.45, 7) is 2.20. The van der Waals surface area contributed by atoms with Crippen LogP contribution in [0.5, 0.6) is 0 Å². The fraction of sp³-hybridized carbons (Fsp3) is 1.00. The summed E-state index contributed by atoms with van der Waals surface area (Å²) in [4.78, 5) is 0. The Morgan fingerprint density at radius 3 is 1.81 bits per heavy atom. The summed E-state index contributed by atoms with van der Waals surface area (Å²) >= 11 is 0. The van der Waals surface area contributed by atoms with Crippen molar-refractivity contribution in [2.45, 2.75) is 58.3 Å². The van der Waals surface area contributed by atoms with Crippen LogP contribution in [-0.2, 0) is 9.15 Å². The summed E-state index contributed by atoms with van der Waals surface area (Å²) in [6, 6.07) is 0. The van der Waals surface area contributed by atoms with Gasteiger partial charge in [-0.05, 0) is 17.2 Å². The Bertz CT molecular complexity index is 230. The number of hydrogen-bond acceptors (Lipinski definition) is 3. The van der Waals surface area contributed by atoms with Crippen LogP contribution in [-0.4, -0.2) is 18.7 Å². The third-order valence-corrected chi connectivity index (χ3v) is 4.38. The van der Waals surface area contributed by atoms with Crippen molar-refractivity contribution in [3.05, 3.63) is 0 Å². The first kappa shape index (κ1) is 19.6. The van der Waals surface area contributed by atoms with Crippen molar-refractivity contribution in [3.63, 3.8) is 0 Å². The van der Waals surface area contributed by atoms with Gasteiger partial charge in [0.25, 0.3) is 0 Å². The Kier molecular flexibility index (Phi) is 15.6. The van der Waals surface area contributed by atoms with E-state index in [0.29, 0.717) is 16.5 Å². The zero-order chi connectivity index (χ0) is 11.6. The molecule has 92 valence electrons. The predicted molar refractivity (Wildman–Crippen MR) is 66.6 cm³/mol. The minimum absolute atomic E-state index is 0. The van der Waals surface area contributed by atoms with E-state index in [1.807, 2.05) is 0 Å². The molecule has 6 heteroatoms. The Hall–Kier alpha value is 1.26. The van der Waals surface area contributed by atoms with Crippen molar-refractivity contribution in [1.29, 1.82) is 0 Å². The van der Waals surface area contributed by atoms with Crippen molar-refractivity contribution in [1.82, 2.24) is 0 Å². The van der Waals surface area contributed by atoms with E-state index >= 15 is 0 Å². The maximum absolute atomic E-state index is 10.4. The van der Waals surface area contributed by atoms with Gasteiger partial charge in [-0.25, -0.2) is 0 Å². The molecular formula is C10H22NaO3S2+. The molecule has 0 aromatic heterocycles. The molecule has 0 saturated carbocycles. The molecule has 0 aromatic rings. The average Bonchev–Trinajstić information content (AvgIpc) is 2.14. The Balaban J connectivity index is 0. The smallest absolute Gasteiger partial charge is 0.277 e. The van der Waals surface area contributed by atoms with Crippen LogP contribution in [0.1, 0.15) is 58.3 Å². The second-order valence-electron chi connectivity index (χ2n) is 3.72. The van der Waals surface area contributed by atoms with Crippen LogP contribution in [0.15, 0.2) is 0 Å². The summed E-state index contributed by atoms with van der Waals surface area (Å²) in [5.74, 6) is 0.508. The zero-order valence-corrected chi connectivity index (χ0v) is 14.1.